The number of fused-ring (bicyclic) bond motifs is 5. The first-order valence-corrected chi connectivity index (χ1v) is 21.3. The molecule has 0 saturated carbocycles. The van der Waals surface area contributed by atoms with Gasteiger partial charge < -0.3 is 10.2 Å². The first-order chi connectivity index (χ1) is 31.1. The first-order valence-electron chi connectivity index (χ1n) is 21.3. The average molecular weight is 808 g/mol. The van der Waals surface area contributed by atoms with Gasteiger partial charge in [0.25, 0.3) is 0 Å². The van der Waals surface area contributed by atoms with Crippen molar-refractivity contribution in [3.05, 3.63) is 241 Å². The van der Waals surface area contributed by atoms with Gasteiger partial charge in [0.2, 0.25) is 0 Å². The molecule has 0 fully saturated rings. The summed E-state index contributed by atoms with van der Waals surface area (Å²) in [5.74, 6) is 0.968. The third kappa shape index (κ3) is 7.56. The number of hydrogen-bond acceptors (Lipinski definition) is 2. The molecule has 11 aromatic rings. The average Bonchev–Trinajstić information content (AvgIpc) is 3.74. The zero-order valence-electron chi connectivity index (χ0n) is 34.4. The molecule has 4 heteroatoms. The summed E-state index contributed by atoms with van der Waals surface area (Å²) in [6.07, 6.45) is 0. The van der Waals surface area contributed by atoms with Crippen LogP contribution in [0.1, 0.15) is 16.7 Å². The van der Waals surface area contributed by atoms with Crippen LogP contribution in [0.15, 0.2) is 239 Å². The van der Waals surface area contributed by atoms with Crippen molar-refractivity contribution in [2.24, 2.45) is 15.7 Å². The van der Waals surface area contributed by atoms with E-state index in [-0.39, 0.29) is 0 Å². The molecule has 11 rings (SSSR count). The van der Waals surface area contributed by atoms with E-state index in [0.717, 1.165) is 72.0 Å². The van der Waals surface area contributed by atoms with E-state index in [9.17, 15) is 0 Å². The summed E-state index contributed by atoms with van der Waals surface area (Å²) in [5.41, 5.74) is 20.4. The Balaban J connectivity index is 0.944. The Morgan fingerprint density at radius 3 is 1.68 bits per heavy atom. The molecule has 0 bridgehead atoms. The molecule has 0 atom stereocenters. The molecule has 0 aliphatic rings. The van der Waals surface area contributed by atoms with Crippen LogP contribution < -0.4 is 5.73 Å². The van der Waals surface area contributed by atoms with E-state index < -0.39 is 0 Å². The van der Waals surface area contributed by atoms with E-state index >= 15 is 0 Å². The Bertz CT molecular complexity index is 3510. The molecule has 1 heterocycles. The van der Waals surface area contributed by atoms with Crippen LogP contribution in [0.3, 0.4) is 0 Å². The van der Waals surface area contributed by atoms with Crippen molar-refractivity contribution in [3.8, 4) is 44.5 Å². The monoisotopic (exact) mass is 807 g/mol. The van der Waals surface area contributed by atoms with Crippen LogP contribution in [-0.2, 0) is 6.54 Å². The van der Waals surface area contributed by atoms with Gasteiger partial charge in [0, 0.05) is 21.9 Å². The van der Waals surface area contributed by atoms with Gasteiger partial charge in [-0.2, -0.15) is 0 Å². The van der Waals surface area contributed by atoms with E-state index in [4.69, 9.17) is 20.1 Å². The van der Waals surface area contributed by atoms with E-state index in [1.165, 1.54) is 32.7 Å². The van der Waals surface area contributed by atoms with Crippen LogP contribution in [0.5, 0.6) is 0 Å². The fourth-order valence-corrected chi connectivity index (χ4v) is 8.61. The number of nitrogens with zero attached hydrogens (tertiary/aromatic N) is 2. The number of nitrogens with two attached hydrogens (primary N) is 1. The number of amidine groups is 2. The van der Waals surface area contributed by atoms with Crippen molar-refractivity contribution >= 4 is 55.2 Å². The second kappa shape index (κ2) is 16.3. The van der Waals surface area contributed by atoms with Crippen molar-refractivity contribution in [1.82, 2.24) is 0 Å². The molecule has 0 amide bonds. The minimum Gasteiger partial charge on any atom is -0.456 e. The van der Waals surface area contributed by atoms with E-state index in [1.807, 2.05) is 30.3 Å². The summed E-state index contributed by atoms with van der Waals surface area (Å²) in [7, 11) is 0. The van der Waals surface area contributed by atoms with Crippen LogP contribution >= 0.6 is 0 Å². The van der Waals surface area contributed by atoms with E-state index in [1.54, 1.807) is 0 Å². The summed E-state index contributed by atoms with van der Waals surface area (Å²) >= 11 is 0. The topological polar surface area (TPSA) is 63.9 Å². The predicted molar refractivity (Wildman–Crippen MR) is 264 cm³/mol. The maximum atomic E-state index is 6.90. The maximum Gasteiger partial charge on any atom is 0.157 e. The molecule has 10 aromatic carbocycles. The molecule has 0 radical (unpaired) electrons. The molecule has 0 aliphatic heterocycles. The maximum absolute atomic E-state index is 6.90. The molecule has 298 valence electrons. The predicted octanol–water partition coefficient (Wildman–Crippen LogP) is 14.9. The molecule has 0 saturated heterocycles. The highest BCUT2D eigenvalue weighted by molar-refractivity contribution is 6.14. The highest BCUT2D eigenvalue weighted by Crippen LogP contribution is 2.40. The smallest absolute Gasteiger partial charge is 0.157 e. The minimum atomic E-state index is 0.392. The lowest BCUT2D eigenvalue weighted by Crippen LogP contribution is -2.16. The van der Waals surface area contributed by atoms with Crippen LogP contribution in [0.25, 0.3) is 88.0 Å². The zero-order chi connectivity index (χ0) is 42.1. The summed E-state index contributed by atoms with van der Waals surface area (Å²) in [5, 5.41) is 6.98. The van der Waals surface area contributed by atoms with Gasteiger partial charge in [-0.1, -0.05) is 194 Å². The SMILES string of the molecule is NC(=NC(=NCc1ccc2ccccc2c1)c1ccc(-c2ccc3ccccc3c2)cc1)c1ccc(-c2cc(-c3ccc(-c4ccccc4)cc3)cc3oc4ccccc4c23)cc1. The summed E-state index contributed by atoms with van der Waals surface area (Å²) in [6, 6.07) is 78.6. The van der Waals surface area contributed by atoms with Crippen molar-refractivity contribution in [2.75, 3.05) is 0 Å². The lowest BCUT2D eigenvalue weighted by atomic mass is 9.93. The molecule has 0 unspecified atom stereocenters. The quantitative estimate of drug-likeness (QED) is 0.123. The standard InChI is InChI=1S/C59H41N3O/c60-58(62-59(61-38-39-18-19-41-12-4-6-14-49(41)34-39)48-31-24-44(25-32-48)51-33-26-42-13-5-7-15-50(42)35-51)47-29-27-46(28-30-47)54-36-52(37-56-57(54)53-16-8-9-17-55(53)63-56)45-22-20-43(21-23-45)40-10-2-1-3-11-40/h1-37H,38H2,(H2,60,61,62). The number of benzene rings is 10. The Morgan fingerprint density at radius 2 is 0.937 bits per heavy atom. The molecule has 2 N–H and O–H groups in total. The number of furan rings is 1. The zero-order valence-corrected chi connectivity index (χ0v) is 34.4. The van der Waals surface area contributed by atoms with Crippen LogP contribution in [0.4, 0.5) is 0 Å². The van der Waals surface area contributed by atoms with E-state index in [2.05, 4.69) is 194 Å². The van der Waals surface area contributed by atoms with Crippen molar-refractivity contribution < 1.29 is 4.42 Å². The second-order valence-electron chi connectivity index (χ2n) is 16.0. The molecular weight excluding hydrogens is 767 g/mol. The highest BCUT2D eigenvalue weighted by atomic mass is 16.3. The van der Waals surface area contributed by atoms with Crippen molar-refractivity contribution in [1.29, 1.82) is 0 Å². The van der Waals surface area contributed by atoms with Crippen molar-refractivity contribution in [3.63, 3.8) is 0 Å². The highest BCUT2D eigenvalue weighted by Gasteiger charge is 2.16. The van der Waals surface area contributed by atoms with Crippen LogP contribution in [0, 0.1) is 0 Å². The van der Waals surface area contributed by atoms with Gasteiger partial charge in [-0.15, -0.1) is 0 Å². The Hall–Kier alpha value is -8.34. The summed E-state index contributed by atoms with van der Waals surface area (Å²) in [4.78, 5) is 10.1. The molecule has 0 spiro atoms. The fraction of sp³-hybridized carbons (Fsp3) is 0.0169. The lowest BCUT2D eigenvalue weighted by molar-refractivity contribution is 0.669. The van der Waals surface area contributed by atoms with Crippen LogP contribution in [0.2, 0.25) is 0 Å². The molecule has 0 aliphatic carbocycles. The van der Waals surface area contributed by atoms with Crippen LogP contribution in [-0.4, -0.2) is 11.7 Å². The number of rotatable bonds is 8. The van der Waals surface area contributed by atoms with Gasteiger partial charge in [0.05, 0.1) is 6.54 Å². The van der Waals surface area contributed by atoms with Gasteiger partial charge in [0.15, 0.2) is 5.84 Å². The number of aliphatic imine (C=N–C) groups is 2. The van der Waals surface area contributed by atoms with Gasteiger partial charge in [0.1, 0.15) is 17.0 Å². The largest absolute Gasteiger partial charge is 0.456 e. The first kappa shape index (κ1) is 37.6. The summed E-state index contributed by atoms with van der Waals surface area (Å²) in [6.45, 7) is 0.461. The lowest BCUT2D eigenvalue weighted by Gasteiger charge is -2.11. The Kier molecular flexibility index (Phi) is 9.72. The molecule has 63 heavy (non-hydrogen) atoms. The van der Waals surface area contributed by atoms with E-state index in [0.29, 0.717) is 18.2 Å². The molecule has 1 aromatic heterocycles. The molecular formula is C59H41N3O. The third-order valence-electron chi connectivity index (χ3n) is 12.0. The third-order valence-corrected chi connectivity index (χ3v) is 12.0. The molecule has 4 nitrogen and oxygen atoms in total. The minimum absolute atomic E-state index is 0.392. The van der Waals surface area contributed by atoms with Crippen molar-refractivity contribution in [2.45, 2.75) is 6.54 Å². The number of para-hydroxylation sites is 1. The summed E-state index contributed by atoms with van der Waals surface area (Å²) < 4.78 is 6.49. The fourth-order valence-electron chi connectivity index (χ4n) is 8.61. The van der Waals surface area contributed by atoms with Gasteiger partial charge in [-0.05, 0) is 102 Å². The second-order valence-corrected chi connectivity index (χ2v) is 16.0. The van der Waals surface area contributed by atoms with Gasteiger partial charge >= 0.3 is 0 Å². The Morgan fingerprint density at radius 1 is 0.397 bits per heavy atom. The normalized spacial score (nSPS) is 12.1. The van der Waals surface area contributed by atoms with Gasteiger partial charge in [-0.3, -0.25) is 4.99 Å². The van der Waals surface area contributed by atoms with Gasteiger partial charge in [-0.25, -0.2) is 4.99 Å². The number of hydrogen-bond donors (Lipinski definition) is 1. The Labute approximate surface area is 366 Å².